The zero-order valence-corrected chi connectivity index (χ0v) is 14.1. The number of aryl methyl sites for hydroxylation is 1. The number of aromatic nitrogens is 3. The maximum Gasteiger partial charge on any atom is 0.254 e. The summed E-state index contributed by atoms with van der Waals surface area (Å²) in [6, 6.07) is 7.73. The van der Waals surface area contributed by atoms with Gasteiger partial charge in [0.25, 0.3) is 11.8 Å². The molecule has 1 saturated heterocycles. The van der Waals surface area contributed by atoms with E-state index in [4.69, 9.17) is 9.26 Å². The van der Waals surface area contributed by atoms with Crippen molar-refractivity contribution in [3.05, 3.63) is 47.7 Å². The van der Waals surface area contributed by atoms with Gasteiger partial charge in [-0.05, 0) is 38.0 Å². The number of piperidine rings is 1. The minimum Gasteiger partial charge on any atom is -0.368 e. The fourth-order valence-electron chi connectivity index (χ4n) is 3.26. The molecule has 7 nitrogen and oxygen atoms in total. The van der Waals surface area contributed by atoms with Crippen LogP contribution in [0.2, 0.25) is 0 Å². The number of nitrogens with zero attached hydrogens (tertiary/aromatic N) is 3. The van der Waals surface area contributed by atoms with Crippen LogP contribution in [0.25, 0.3) is 10.9 Å². The SMILES string of the molecule is Cc1noc(COC2CCN(C(=O)c3cccc4[nH]ccc34)CC2)n1. The normalized spacial score (nSPS) is 15.8. The summed E-state index contributed by atoms with van der Waals surface area (Å²) in [5.41, 5.74) is 1.73. The van der Waals surface area contributed by atoms with Crippen molar-refractivity contribution in [1.29, 1.82) is 0 Å². The van der Waals surface area contributed by atoms with Gasteiger partial charge in [-0.25, -0.2) is 0 Å². The summed E-state index contributed by atoms with van der Waals surface area (Å²) < 4.78 is 10.9. The monoisotopic (exact) mass is 340 g/mol. The van der Waals surface area contributed by atoms with Crippen LogP contribution < -0.4 is 0 Å². The lowest BCUT2D eigenvalue weighted by Gasteiger charge is -2.32. The Kier molecular flexibility index (Phi) is 4.23. The van der Waals surface area contributed by atoms with Crippen LogP contribution in [-0.2, 0) is 11.3 Å². The molecule has 25 heavy (non-hydrogen) atoms. The Labute approximate surface area is 145 Å². The number of hydrogen-bond donors (Lipinski definition) is 1. The number of carbonyl (C=O) groups excluding carboxylic acids is 1. The molecular formula is C18H20N4O3. The molecule has 130 valence electrons. The third-order valence-electron chi connectivity index (χ3n) is 4.57. The van der Waals surface area contributed by atoms with E-state index in [1.54, 1.807) is 6.92 Å². The largest absolute Gasteiger partial charge is 0.368 e. The molecule has 0 saturated carbocycles. The van der Waals surface area contributed by atoms with Crippen LogP contribution in [0.15, 0.2) is 35.0 Å². The summed E-state index contributed by atoms with van der Waals surface area (Å²) in [5.74, 6) is 1.18. The Morgan fingerprint density at radius 2 is 2.20 bits per heavy atom. The minimum atomic E-state index is 0.0798. The average Bonchev–Trinajstić information content (AvgIpc) is 3.28. The predicted molar refractivity (Wildman–Crippen MR) is 91.0 cm³/mol. The molecule has 1 amide bonds. The second kappa shape index (κ2) is 6.68. The van der Waals surface area contributed by atoms with Crippen molar-refractivity contribution in [1.82, 2.24) is 20.0 Å². The number of fused-ring (bicyclic) bond motifs is 1. The highest BCUT2D eigenvalue weighted by Gasteiger charge is 2.25. The Bertz CT molecular complexity index is 877. The fourth-order valence-corrected chi connectivity index (χ4v) is 3.26. The first-order chi connectivity index (χ1) is 12.2. The molecule has 0 aliphatic carbocycles. The molecule has 1 N–H and O–H groups in total. The third-order valence-corrected chi connectivity index (χ3v) is 4.57. The summed E-state index contributed by atoms with van der Waals surface area (Å²) in [6.45, 7) is 3.48. The third kappa shape index (κ3) is 3.28. The molecule has 1 aliphatic heterocycles. The zero-order chi connectivity index (χ0) is 17.2. The van der Waals surface area contributed by atoms with Gasteiger partial charge in [-0.2, -0.15) is 4.98 Å². The molecule has 0 atom stereocenters. The van der Waals surface area contributed by atoms with Crippen LogP contribution in [0.3, 0.4) is 0 Å². The van der Waals surface area contributed by atoms with E-state index in [2.05, 4.69) is 15.1 Å². The number of ether oxygens (including phenoxy) is 1. The maximum absolute atomic E-state index is 12.8. The van der Waals surface area contributed by atoms with Crippen LogP contribution >= 0.6 is 0 Å². The van der Waals surface area contributed by atoms with Crippen molar-refractivity contribution in [3.63, 3.8) is 0 Å². The van der Waals surface area contributed by atoms with Crippen molar-refractivity contribution in [3.8, 4) is 0 Å². The van der Waals surface area contributed by atoms with E-state index in [1.807, 2.05) is 35.4 Å². The molecular weight excluding hydrogens is 320 g/mol. The summed E-state index contributed by atoms with van der Waals surface area (Å²) in [7, 11) is 0. The Morgan fingerprint density at radius 3 is 2.96 bits per heavy atom. The lowest BCUT2D eigenvalue weighted by Crippen LogP contribution is -2.40. The highest BCUT2D eigenvalue weighted by molar-refractivity contribution is 6.06. The molecule has 3 heterocycles. The van der Waals surface area contributed by atoms with Gasteiger partial charge in [0.2, 0.25) is 0 Å². The summed E-state index contributed by atoms with van der Waals surface area (Å²) >= 11 is 0. The smallest absolute Gasteiger partial charge is 0.254 e. The number of benzene rings is 1. The molecule has 0 bridgehead atoms. The number of carbonyl (C=O) groups is 1. The molecule has 0 spiro atoms. The van der Waals surface area contributed by atoms with Gasteiger partial charge in [-0.1, -0.05) is 11.2 Å². The maximum atomic E-state index is 12.8. The average molecular weight is 340 g/mol. The highest BCUT2D eigenvalue weighted by atomic mass is 16.5. The molecule has 2 aromatic heterocycles. The van der Waals surface area contributed by atoms with Crippen molar-refractivity contribution < 1.29 is 14.1 Å². The molecule has 4 rings (SSSR count). The number of H-pyrrole nitrogens is 1. The lowest BCUT2D eigenvalue weighted by molar-refractivity contribution is -0.00974. The minimum absolute atomic E-state index is 0.0798. The summed E-state index contributed by atoms with van der Waals surface area (Å²) in [6.07, 6.45) is 3.59. The van der Waals surface area contributed by atoms with Gasteiger partial charge in [0, 0.05) is 35.8 Å². The molecule has 7 heteroatoms. The van der Waals surface area contributed by atoms with Crippen molar-refractivity contribution in [2.75, 3.05) is 13.1 Å². The van der Waals surface area contributed by atoms with Gasteiger partial charge < -0.3 is 19.1 Å². The number of likely N-dealkylation sites (tertiary alicyclic amines) is 1. The predicted octanol–water partition coefficient (Wildman–Crippen LogP) is 2.68. The van der Waals surface area contributed by atoms with E-state index in [0.29, 0.717) is 31.4 Å². The Morgan fingerprint density at radius 1 is 1.36 bits per heavy atom. The van der Waals surface area contributed by atoms with E-state index in [1.165, 1.54) is 0 Å². The number of rotatable bonds is 4. The van der Waals surface area contributed by atoms with E-state index < -0.39 is 0 Å². The quantitative estimate of drug-likeness (QED) is 0.789. The van der Waals surface area contributed by atoms with Gasteiger partial charge in [0.15, 0.2) is 5.82 Å². The van der Waals surface area contributed by atoms with Gasteiger partial charge in [-0.3, -0.25) is 4.79 Å². The van der Waals surface area contributed by atoms with Gasteiger partial charge in [0.1, 0.15) is 6.61 Å². The summed E-state index contributed by atoms with van der Waals surface area (Å²) in [4.78, 5) is 22.0. The molecule has 1 fully saturated rings. The topological polar surface area (TPSA) is 84.3 Å². The molecule has 0 radical (unpaired) electrons. The summed E-state index contributed by atoms with van der Waals surface area (Å²) in [5, 5.41) is 4.72. The lowest BCUT2D eigenvalue weighted by atomic mass is 10.0. The second-order valence-corrected chi connectivity index (χ2v) is 6.28. The van der Waals surface area contributed by atoms with Crippen LogP contribution in [0.1, 0.15) is 34.9 Å². The van der Waals surface area contributed by atoms with Crippen molar-refractivity contribution in [2.24, 2.45) is 0 Å². The highest BCUT2D eigenvalue weighted by Crippen LogP contribution is 2.22. The zero-order valence-electron chi connectivity index (χ0n) is 14.1. The van der Waals surface area contributed by atoms with E-state index in [0.717, 1.165) is 29.3 Å². The first kappa shape index (κ1) is 15.8. The van der Waals surface area contributed by atoms with Crippen molar-refractivity contribution in [2.45, 2.75) is 32.5 Å². The van der Waals surface area contributed by atoms with Crippen LogP contribution in [0.5, 0.6) is 0 Å². The van der Waals surface area contributed by atoms with Gasteiger partial charge in [0.05, 0.1) is 6.10 Å². The Balaban J connectivity index is 1.35. The van der Waals surface area contributed by atoms with E-state index >= 15 is 0 Å². The number of hydrogen-bond acceptors (Lipinski definition) is 5. The standard InChI is InChI=1S/C18H20N4O3/c1-12-20-17(25-21-12)11-24-13-6-9-22(10-7-13)18(23)15-3-2-4-16-14(15)5-8-19-16/h2-5,8,13,19H,6-7,9-11H2,1H3. The van der Waals surface area contributed by atoms with Gasteiger partial charge >= 0.3 is 0 Å². The van der Waals surface area contributed by atoms with Crippen LogP contribution in [0.4, 0.5) is 0 Å². The first-order valence-corrected chi connectivity index (χ1v) is 8.47. The van der Waals surface area contributed by atoms with Crippen LogP contribution in [-0.4, -0.2) is 45.1 Å². The number of amides is 1. The molecule has 1 aliphatic rings. The van der Waals surface area contributed by atoms with Crippen LogP contribution in [0, 0.1) is 6.92 Å². The van der Waals surface area contributed by atoms with Gasteiger partial charge in [-0.15, -0.1) is 0 Å². The molecule has 0 unspecified atom stereocenters. The molecule has 3 aromatic rings. The molecule has 1 aromatic carbocycles. The van der Waals surface area contributed by atoms with E-state index in [-0.39, 0.29) is 12.0 Å². The second-order valence-electron chi connectivity index (χ2n) is 6.28. The van der Waals surface area contributed by atoms with Crippen molar-refractivity contribution >= 4 is 16.8 Å². The Hall–Kier alpha value is -2.67. The number of aromatic amines is 1. The number of nitrogens with one attached hydrogen (secondary N) is 1. The fraction of sp³-hybridized carbons (Fsp3) is 0.389. The first-order valence-electron chi connectivity index (χ1n) is 8.47. The van der Waals surface area contributed by atoms with E-state index in [9.17, 15) is 4.79 Å².